The second-order valence-corrected chi connectivity index (χ2v) is 4.68. The fourth-order valence-electron chi connectivity index (χ4n) is 1.48. The minimum Gasteiger partial charge on any atom is -0.354 e. The molecule has 2 heterocycles. The summed E-state index contributed by atoms with van der Waals surface area (Å²) < 4.78 is 1.66. The van der Waals surface area contributed by atoms with Crippen LogP contribution in [0, 0.1) is 0 Å². The van der Waals surface area contributed by atoms with E-state index in [-0.39, 0.29) is 11.9 Å². The van der Waals surface area contributed by atoms with Crippen LogP contribution in [0.3, 0.4) is 0 Å². The first kappa shape index (κ1) is 11.4. The summed E-state index contributed by atoms with van der Waals surface area (Å²) in [4.78, 5) is 15.7. The molecule has 1 aliphatic heterocycles. The number of nitrogens with one attached hydrogen (secondary N) is 2. The second kappa shape index (κ2) is 5.31. The van der Waals surface area contributed by atoms with Crippen molar-refractivity contribution in [3.8, 4) is 0 Å². The molecule has 6 nitrogen and oxygen atoms in total. The predicted molar refractivity (Wildman–Crippen MR) is 62.0 cm³/mol. The summed E-state index contributed by atoms with van der Waals surface area (Å²) in [6, 6.07) is -0.0401. The molecule has 2 rings (SSSR count). The van der Waals surface area contributed by atoms with Gasteiger partial charge < -0.3 is 5.32 Å². The van der Waals surface area contributed by atoms with E-state index < -0.39 is 0 Å². The van der Waals surface area contributed by atoms with Crippen molar-refractivity contribution in [3.63, 3.8) is 0 Å². The molecule has 7 heteroatoms. The Hall–Kier alpha value is -1.08. The van der Waals surface area contributed by atoms with Crippen molar-refractivity contribution in [2.75, 3.05) is 18.2 Å². The lowest BCUT2D eigenvalue weighted by Gasteiger charge is -2.09. The van der Waals surface area contributed by atoms with Crippen molar-refractivity contribution in [1.29, 1.82) is 0 Å². The smallest absolute Gasteiger partial charge is 0.238 e. The minimum absolute atomic E-state index is 0.0401. The Kier molecular flexibility index (Phi) is 3.79. The van der Waals surface area contributed by atoms with Gasteiger partial charge in [0.05, 0.1) is 6.04 Å². The van der Waals surface area contributed by atoms with Crippen LogP contribution in [0.4, 0.5) is 0 Å². The Labute approximate surface area is 98.2 Å². The van der Waals surface area contributed by atoms with Crippen LogP contribution in [0.15, 0.2) is 6.33 Å². The van der Waals surface area contributed by atoms with E-state index in [0.717, 1.165) is 17.5 Å². The Morgan fingerprint density at radius 1 is 1.81 bits per heavy atom. The van der Waals surface area contributed by atoms with Gasteiger partial charge in [-0.25, -0.2) is 4.98 Å². The van der Waals surface area contributed by atoms with Crippen LogP contribution in [0.5, 0.6) is 0 Å². The SMILES string of the molecule is Cn1cnc(CCNC(=O)C2CSCN2)n1. The summed E-state index contributed by atoms with van der Waals surface area (Å²) in [5, 5.41) is 10.1. The number of thioether (sulfide) groups is 1. The normalized spacial score (nSPS) is 19.9. The average molecular weight is 241 g/mol. The van der Waals surface area contributed by atoms with E-state index in [1.54, 1.807) is 22.8 Å². The van der Waals surface area contributed by atoms with Gasteiger partial charge in [0, 0.05) is 31.6 Å². The lowest BCUT2D eigenvalue weighted by molar-refractivity contribution is -0.122. The molecular weight excluding hydrogens is 226 g/mol. The number of hydrogen-bond donors (Lipinski definition) is 2. The number of aryl methyl sites for hydroxylation is 1. The highest BCUT2D eigenvalue weighted by Crippen LogP contribution is 2.08. The molecule has 1 saturated heterocycles. The fraction of sp³-hybridized carbons (Fsp3) is 0.667. The molecule has 1 aromatic rings. The van der Waals surface area contributed by atoms with Crippen molar-refractivity contribution in [3.05, 3.63) is 12.2 Å². The molecule has 1 unspecified atom stereocenters. The standard InChI is InChI=1S/C9H15N5OS/c1-14-5-11-8(13-14)2-3-10-9(15)7-4-16-6-12-7/h5,7,12H,2-4,6H2,1H3,(H,10,15). The summed E-state index contributed by atoms with van der Waals surface area (Å²) in [5.41, 5.74) is 0. The molecule has 0 radical (unpaired) electrons. The van der Waals surface area contributed by atoms with Crippen LogP contribution < -0.4 is 10.6 Å². The van der Waals surface area contributed by atoms with Gasteiger partial charge in [-0.15, -0.1) is 11.8 Å². The van der Waals surface area contributed by atoms with E-state index in [2.05, 4.69) is 20.7 Å². The Morgan fingerprint density at radius 2 is 2.69 bits per heavy atom. The van der Waals surface area contributed by atoms with Crippen LogP contribution in [-0.4, -0.2) is 44.9 Å². The van der Waals surface area contributed by atoms with E-state index >= 15 is 0 Å². The van der Waals surface area contributed by atoms with E-state index in [0.29, 0.717) is 13.0 Å². The molecule has 1 atom stereocenters. The summed E-state index contributed by atoms with van der Waals surface area (Å²) in [6.45, 7) is 0.589. The zero-order valence-electron chi connectivity index (χ0n) is 9.14. The highest BCUT2D eigenvalue weighted by molar-refractivity contribution is 7.99. The van der Waals surface area contributed by atoms with Crippen LogP contribution >= 0.6 is 11.8 Å². The first-order valence-electron chi connectivity index (χ1n) is 5.19. The molecule has 88 valence electrons. The molecule has 1 aliphatic rings. The van der Waals surface area contributed by atoms with Gasteiger partial charge in [0.15, 0.2) is 5.82 Å². The maximum Gasteiger partial charge on any atom is 0.238 e. The highest BCUT2D eigenvalue weighted by Gasteiger charge is 2.21. The van der Waals surface area contributed by atoms with Gasteiger partial charge >= 0.3 is 0 Å². The van der Waals surface area contributed by atoms with Crippen LogP contribution in [0.1, 0.15) is 5.82 Å². The maximum absolute atomic E-state index is 11.6. The third kappa shape index (κ3) is 2.96. The molecule has 0 aliphatic carbocycles. The molecule has 0 spiro atoms. The zero-order valence-corrected chi connectivity index (χ0v) is 9.96. The summed E-state index contributed by atoms with van der Waals surface area (Å²) in [7, 11) is 1.83. The van der Waals surface area contributed by atoms with Crippen molar-refractivity contribution in [2.45, 2.75) is 12.5 Å². The molecule has 2 N–H and O–H groups in total. The summed E-state index contributed by atoms with van der Waals surface area (Å²) >= 11 is 1.74. The molecule has 0 bridgehead atoms. The van der Waals surface area contributed by atoms with Gasteiger partial charge in [0.25, 0.3) is 0 Å². The van der Waals surface area contributed by atoms with Gasteiger partial charge in [-0.3, -0.25) is 14.8 Å². The molecule has 1 amide bonds. The number of amides is 1. The van der Waals surface area contributed by atoms with Gasteiger partial charge in [0.2, 0.25) is 5.91 Å². The van der Waals surface area contributed by atoms with Gasteiger partial charge in [-0.1, -0.05) is 0 Å². The fourth-order valence-corrected chi connectivity index (χ4v) is 2.42. The summed E-state index contributed by atoms with van der Waals surface area (Å²) in [6.07, 6.45) is 2.33. The van der Waals surface area contributed by atoms with E-state index in [1.807, 2.05) is 7.05 Å². The van der Waals surface area contributed by atoms with Crippen molar-refractivity contribution in [1.82, 2.24) is 25.4 Å². The topological polar surface area (TPSA) is 71.8 Å². The third-order valence-electron chi connectivity index (χ3n) is 2.33. The van der Waals surface area contributed by atoms with Gasteiger partial charge in [-0.05, 0) is 0 Å². The maximum atomic E-state index is 11.6. The molecule has 1 aromatic heterocycles. The average Bonchev–Trinajstić information content (AvgIpc) is 2.89. The second-order valence-electron chi connectivity index (χ2n) is 3.65. The van der Waals surface area contributed by atoms with E-state index in [1.165, 1.54) is 0 Å². The molecular formula is C9H15N5OS. The Balaban J connectivity index is 1.69. The number of rotatable bonds is 4. The number of carbonyl (C=O) groups is 1. The number of carbonyl (C=O) groups excluding carboxylic acids is 1. The quantitative estimate of drug-likeness (QED) is 0.717. The molecule has 0 aromatic carbocycles. The third-order valence-corrected chi connectivity index (χ3v) is 3.27. The number of aromatic nitrogens is 3. The minimum atomic E-state index is -0.0401. The van der Waals surface area contributed by atoms with E-state index in [9.17, 15) is 4.79 Å². The molecule has 16 heavy (non-hydrogen) atoms. The van der Waals surface area contributed by atoms with Gasteiger partial charge in [0.1, 0.15) is 6.33 Å². The molecule has 0 saturated carbocycles. The summed E-state index contributed by atoms with van der Waals surface area (Å²) in [5.74, 6) is 2.55. The number of nitrogens with zero attached hydrogens (tertiary/aromatic N) is 3. The first-order valence-corrected chi connectivity index (χ1v) is 6.34. The van der Waals surface area contributed by atoms with Gasteiger partial charge in [-0.2, -0.15) is 5.10 Å². The first-order chi connectivity index (χ1) is 7.75. The highest BCUT2D eigenvalue weighted by atomic mass is 32.2. The van der Waals surface area contributed by atoms with Crippen LogP contribution in [0.25, 0.3) is 0 Å². The van der Waals surface area contributed by atoms with E-state index in [4.69, 9.17) is 0 Å². The largest absolute Gasteiger partial charge is 0.354 e. The predicted octanol–water partition coefficient (Wildman–Crippen LogP) is -0.864. The monoisotopic (exact) mass is 241 g/mol. The zero-order chi connectivity index (χ0) is 11.4. The van der Waals surface area contributed by atoms with Crippen LogP contribution in [0.2, 0.25) is 0 Å². The van der Waals surface area contributed by atoms with Crippen molar-refractivity contribution >= 4 is 17.7 Å². The van der Waals surface area contributed by atoms with Crippen molar-refractivity contribution < 1.29 is 4.79 Å². The lowest BCUT2D eigenvalue weighted by Crippen LogP contribution is -2.42. The van der Waals surface area contributed by atoms with Crippen molar-refractivity contribution in [2.24, 2.45) is 7.05 Å². The Bertz CT molecular complexity index is 361. The molecule has 1 fully saturated rings. The lowest BCUT2D eigenvalue weighted by atomic mass is 10.3. The number of hydrogen-bond acceptors (Lipinski definition) is 5. The van der Waals surface area contributed by atoms with Crippen LogP contribution in [-0.2, 0) is 18.3 Å². The Morgan fingerprint density at radius 3 is 3.31 bits per heavy atom.